The average molecular weight is 561 g/mol. The second kappa shape index (κ2) is 16.2. The van der Waals surface area contributed by atoms with Gasteiger partial charge in [0, 0.05) is 11.1 Å². The van der Waals surface area contributed by atoms with Crippen LogP contribution in [-0.2, 0) is 38.1 Å². The molecule has 2 aliphatic rings. The fourth-order valence-electron chi connectivity index (χ4n) is 4.51. The van der Waals surface area contributed by atoms with E-state index in [1.54, 1.807) is 19.9 Å². The minimum atomic E-state index is -0.562. The van der Waals surface area contributed by atoms with Crippen LogP contribution in [0.5, 0.6) is 0 Å². The van der Waals surface area contributed by atoms with E-state index in [0.29, 0.717) is 24.0 Å². The number of rotatable bonds is 13. The minimum Gasteiger partial charge on any atom is -0.458 e. The van der Waals surface area contributed by atoms with Gasteiger partial charge < -0.3 is 18.9 Å². The molecule has 0 radical (unpaired) electrons. The standard InChI is InChI=1S/C17H26O4.C15H22O4/c1-6-14(20-16(19)12(3)4)11-15(18)21-17(7-2)10-8-9-13(17)5;1-5-12(18-14(17)11(2)3)10-13(16)19-15(4)8-6-7-9-15/h7,13-14H,2-3,6,8-11H2,1,4-5H3;6,8,12H,2,5,7,9-10H2,1,3-4H3. The monoisotopic (exact) mass is 560 g/mol. The van der Waals surface area contributed by atoms with E-state index < -0.39 is 35.3 Å². The summed E-state index contributed by atoms with van der Waals surface area (Å²) in [5.74, 6) is -1.34. The number of allylic oxidation sites excluding steroid dienone is 1. The van der Waals surface area contributed by atoms with Crippen molar-refractivity contribution in [3.63, 3.8) is 0 Å². The van der Waals surface area contributed by atoms with Crippen LogP contribution in [0.2, 0.25) is 0 Å². The molecule has 0 saturated heterocycles. The van der Waals surface area contributed by atoms with Crippen molar-refractivity contribution in [2.24, 2.45) is 5.92 Å². The Labute approximate surface area is 239 Å². The zero-order valence-corrected chi connectivity index (χ0v) is 25.2. The molecule has 224 valence electrons. The van der Waals surface area contributed by atoms with E-state index in [1.165, 1.54) is 0 Å². The van der Waals surface area contributed by atoms with E-state index in [9.17, 15) is 19.2 Å². The van der Waals surface area contributed by atoms with Crippen LogP contribution in [0.3, 0.4) is 0 Å². The minimum absolute atomic E-state index is 0.0673. The highest BCUT2D eigenvalue weighted by Crippen LogP contribution is 2.39. The maximum Gasteiger partial charge on any atom is 0.333 e. The Bertz CT molecular complexity index is 979. The lowest BCUT2D eigenvalue weighted by Gasteiger charge is -2.30. The summed E-state index contributed by atoms with van der Waals surface area (Å²) in [6, 6.07) is 0. The van der Waals surface area contributed by atoms with Crippen molar-refractivity contribution in [3.05, 3.63) is 49.1 Å². The quantitative estimate of drug-likeness (QED) is 0.109. The smallest absolute Gasteiger partial charge is 0.333 e. The number of carbonyl (C=O) groups is 4. The fourth-order valence-corrected chi connectivity index (χ4v) is 4.51. The molecule has 2 aliphatic carbocycles. The van der Waals surface area contributed by atoms with Gasteiger partial charge in [-0.15, -0.1) is 0 Å². The predicted molar refractivity (Wildman–Crippen MR) is 154 cm³/mol. The Morgan fingerprint density at radius 1 is 0.925 bits per heavy atom. The van der Waals surface area contributed by atoms with Crippen LogP contribution >= 0.6 is 0 Å². The van der Waals surface area contributed by atoms with E-state index in [0.717, 1.165) is 32.1 Å². The first-order chi connectivity index (χ1) is 18.7. The highest BCUT2D eigenvalue weighted by molar-refractivity contribution is 5.87. The second-order valence-electron chi connectivity index (χ2n) is 11.0. The van der Waals surface area contributed by atoms with Crippen LogP contribution in [-0.4, -0.2) is 47.3 Å². The SMILES string of the molecule is C=C(C)C(=O)OC(CC)CC(=O)OC1(C)C=CCC1.C=CC1(OC(=O)CC(CC)OC(=O)C(=C)C)CCCC1C. The summed E-state index contributed by atoms with van der Waals surface area (Å²) in [5.41, 5.74) is -0.409. The van der Waals surface area contributed by atoms with Crippen molar-refractivity contribution in [1.29, 1.82) is 0 Å². The van der Waals surface area contributed by atoms with Gasteiger partial charge in [0.15, 0.2) is 0 Å². The molecule has 40 heavy (non-hydrogen) atoms. The number of hydrogen-bond donors (Lipinski definition) is 0. The first-order valence-electron chi connectivity index (χ1n) is 14.2. The molecular weight excluding hydrogens is 512 g/mol. The summed E-state index contributed by atoms with van der Waals surface area (Å²) in [6.07, 6.45) is 10.6. The molecule has 0 heterocycles. The van der Waals surface area contributed by atoms with Crippen molar-refractivity contribution in [1.82, 2.24) is 0 Å². The van der Waals surface area contributed by atoms with Crippen LogP contribution < -0.4 is 0 Å². The Hall–Kier alpha value is -3.16. The Morgan fingerprint density at radius 2 is 1.43 bits per heavy atom. The molecule has 5 atom stereocenters. The van der Waals surface area contributed by atoms with Crippen molar-refractivity contribution in [2.45, 2.75) is 123 Å². The van der Waals surface area contributed by atoms with E-state index >= 15 is 0 Å². The maximum atomic E-state index is 12.1. The first-order valence-corrected chi connectivity index (χ1v) is 14.2. The molecule has 1 saturated carbocycles. The van der Waals surface area contributed by atoms with E-state index in [1.807, 2.05) is 32.9 Å². The van der Waals surface area contributed by atoms with Gasteiger partial charge in [-0.3, -0.25) is 9.59 Å². The van der Waals surface area contributed by atoms with Gasteiger partial charge in [-0.1, -0.05) is 46.6 Å². The summed E-state index contributed by atoms with van der Waals surface area (Å²) < 4.78 is 21.5. The predicted octanol–water partition coefficient (Wildman–Crippen LogP) is 6.49. The summed E-state index contributed by atoms with van der Waals surface area (Å²) in [4.78, 5) is 46.9. The van der Waals surface area contributed by atoms with E-state index in [2.05, 4.69) is 26.7 Å². The lowest BCUT2D eigenvalue weighted by molar-refractivity contribution is -0.163. The molecule has 8 nitrogen and oxygen atoms in total. The van der Waals surface area contributed by atoms with Gasteiger partial charge >= 0.3 is 23.9 Å². The lowest BCUT2D eigenvalue weighted by Crippen LogP contribution is -2.36. The Balaban J connectivity index is 0.000000402. The fraction of sp³-hybridized carbons (Fsp3) is 0.625. The van der Waals surface area contributed by atoms with Crippen molar-refractivity contribution in [3.8, 4) is 0 Å². The molecule has 0 bridgehead atoms. The number of esters is 4. The molecule has 0 N–H and O–H groups in total. The van der Waals surface area contributed by atoms with E-state index in [-0.39, 0.29) is 30.7 Å². The third-order valence-electron chi connectivity index (χ3n) is 7.26. The molecule has 5 unspecified atom stereocenters. The van der Waals surface area contributed by atoms with Crippen molar-refractivity contribution in [2.75, 3.05) is 0 Å². The average Bonchev–Trinajstić information content (AvgIpc) is 3.48. The van der Waals surface area contributed by atoms with Gasteiger partial charge in [0.1, 0.15) is 23.4 Å². The lowest BCUT2D eigenvalue weighted by atomic mass is 9.92. The number of carbonyl (C=O) groups excluding carboxylic acids is 4. The highest BCUT2D eigenvalue weighted by atomic mass is 16.6. The van der Waals surface area contributed by atoms with Crippen LogP contribution in [0.1, 0.15) is 99.3 Å². The summed E-state index contributed by atoms with van der Waals surface area (Å²) in [7, 11) is 0. The van der Waals surface area contributed by atoms with Crippen LogP contribution in [0.25, 0.3) is 0 Å². The molecule has 0 aliphatic heterocycles. The third kappa shape index (κ3) is 11.1. The molecule has 0 amide bonds. The third-order valence-corrected chi connectivity index (χ3v) is 7.26. The summed E-state index contributed by atoms with van der Waals surface area (Å²) >= 11 is 0. The molecule has 2 rings (SSSR count). The maximum absolute atomic E-state index is 12.1. The van der Waals surface area contributed by atoms with Crippen molar-refractivity contribution >= 4 is 23.9 Å². The normalized spacial score (nSPS) is 24.5. The summed E-state index contributed by atoms with van der Waals surface area (Å²) in [5, 5.41) is 0. The molecule has 1 fully saturated rings. The van der Waals surface area contributed by atoms with E-state index in [4.69, 9.17) is 18.9 Å². The zero-order valence-electron chi connectivity index (χ0n) is 25.2. The summed E-state index contributed by atoms with van der Waals surface area (Å²) in [6.45, 7) is 21.7. The van der Waals surface area contributed by atoms with Gasteiger partial charge in [0.25, 0.3) is 0 Å². The first kappa shape index (κ1) is 34.9. The molecule has 0 spiro atoms. The molecule has 0 aromatic heterocycles. The number of hydrogen-bond acceptors (Lipinski definition) is 8. The number of ether oxygens (including phenoxy) is 4. The molecule has 0 aromatic carbocycles. The Morgan fingerprint density at radius 3 is 1.77 bits per heavy atom. The van der Waals surface area contributed by atoms with Gasteiger partial charge in [-0.2, -0.15) is 0 Å². The van der Waals surface area contributed by atoms with Gasteiger partial charge in [0.2, 0.25) is 0 Å². The zero-order chi connectivity index (χ0) is 30.5. The molecule has 8 heteroatoms. The molecular formula is C32H48O8. The Kier molecular flexibility index (Phi) is 14.1. The molecule has 0 aromatic rings. The second-order valence-corrected chi connectivity index (χ2v) is 11.0. The highest BCUT2D eigenvalue weighted by Gasteiger charge is 2.41. The van der Waals surface area contributed by atoms with Gasteiger partial charge in [-0.25, -0.2) is 9.59 Å². The van der Waals surface area contributed by atoms with Gasteiger partial charge in [0.05, 0.1) is 12.8 Å². The van der Waals surface area contributed by atoms with Crippen LogP contribution in [0, 0.1) is 5.92 Å². The van der Waals surface area contributed by atoms with Gasteiger partial charge in [-0.05, 0) is 83.8 Å². The van der Waals surface area contributed by atoms with Crippen molar-refractivity contribution < 1.29 is 38.1 Å². The van der Waals surface area contributed by atoms with Crippen LogP contribution in [0.4, 0.5) is 0 Å². The largest absolute Gasteiger partial charge is 0.458 e. The topological polar surface area (TPSA) is 105 Å². The van der Waals surface area contributed by atoms with Crippen LogP contribution in [0.15, 0.2) is 49.1 Å².